The van der Waals surface area contributed by atoms with Crippen LogP contribution in [-0.4, -0.2) is 25.3 Å². The summed E-state index contributed by atoms with van der Waals surface area (Å²) >= 11 is 0. The van der Waals surface area contributed by atoms with Crippen LogP contribution in [0.4, 0.5) is 10.1 Å². The minimum atomic E-state index is -0.392. The third-order valence-electron chi connectivity index (χ3n) is 2.21. The van der Waals surface area contributed by atoms with Gasteiger partial charge in [0.05, 0.1) is 37.6 Å². The van der Waals surface area contributed by atoms with Crippen molar-refractivity contribution in [2.75, 3.05) is 26.1 Å². The van der Waals surface area contributed by atoms with Crippen LogP contribution in [0.3, 0.4) is 0 Å². The van der Waals surface area contributed by atoms with Crippen molar-refractivity contribution < 1.29 is 13.9 Å². The smallest absolute Gasteiger partial charge is 0.237 e. The first-order chi connectivity index (χ1) is 6.72. The Morgan fingerprint density at radius 1 is 1.64 bits per heavy atom. The Balaban J connectivity index is 2.38. The van der Waals surface area contributed by atoms with E-state index >= 15 is 0 Å². The van der Waals surface area contributed by atoms with Crippen molar-refractivity contribution in [2.45, 2.75) is 5.92 Å². The molecule has 4 nitrogen and oxygen atoms in total. The fourth-order valence-electron chi connectivity index (χ4n) is 1.34. The molecule has 1 saturated heterocycles. The van der Waals surface area contributed by atoms with Gasteiger partial charge in [0.15, 0.2) is 0 Å². The summed E-state index contributed by atoms with van der Waals surface area (Å²) < 4.78 is 23.3. The minimum absolute atomic E-state index is 0.0319. The molecule has 76 valence electrons. The average molecular weight is 198 g/mol. The maximum atomic E-state index is 13.4. The van der Waals surface area contributed by atoms with Crippen molar-refractivity contribution in [1.82, 2.24) is 4.98 Å². The molecule has 1 aliphatic rings. The molecule has 1 aromatic heterocycles. The lowest BCUT2D eigenvalue weighted by Gasteiger charge is -2.25. The quantitative estimate of drug-likeness (QED) is 0.767. The Morgan fingerprint density at radius 2 is 2.36 bits per heavy atom. The van der Waals surface area contributed by atoms with Gasteiger partial charge < -0.3 is 15.2 Å². The minimum Gasteiger partial charge on any atom is -0.480 e. The normalized spacial score (nSPS) is 16.4. The summed E-state index contributed by atoms with van der Waals surface area (Å²) in [4.78, 5) is 4.01. The van der Waals surface area contributed by atoms with E-state index < -0.39 is 5.82 Å². The number of rotatable bonds is 2. The number of halogens is 1. The summed E-state index contributed by atoms with van der Waals surface area (Å²) in [6.07, 6.45) is 0. The highest BCUT2D eigenvalue weighted by Crippen LogP contribution is 2.29. The van der Waals surface area contributed by atoms with E-state index in [1.165, 1.54) is 13.2 Å². The zero-order valence-corrected chi connectivity index (χ0v) is 7.79. The van der Waals surface area contributed by atoms with Gasteiger partial charge in [0.1, 0.15) is 5.82 Å². The number of nitrogen functional groups attached to an aromatic ring is 1. The van der Waals surface area contributed by atoms with Crippen LogP contribution in [0.5, 0.6) is 5.88 Å². The molecule has 0 saturated carbocycles. The third kappa shape index (κ3) is 1.39. The van der Waals surface area contributed by atoms with Crippen molar-refractivity contribution in [3.63, 3.8) is 0 Å². The van der Waals surface area contributed by atoms with Crippen molar-refractivity contribution >= 4 is 5.69 Å². The van der Waals surface area contributed by atoms with Gasteiger partial charge in [0.25, 0.3) is 0 Å². The summed E-state index contributed by atoms with van der Waals surface area (Å²) in [6, 6.07) is 1.24. The summed E-state index contributed by atoms with van der Waals surface area (Å²) in [5.41, 5.74) is 6.10. The van der Waals surface area contributed by atoms with Crippen LogP contribution >= 0.6 is 0 Å². The number of pyridine rings is 1. The van der Waals surface area contributed by atoms with Gasteiger partial charge in [-0.2, -0.15) is 0 Å². The van der Waals surface area contributed by atoms with Gasteiger partial charge in [-0.15, -0.1) is 0 Å². The molecule has 0 radical (unpaired) electrons. The molecule has 0 bridgehead atoms. The molecule has 0 aliphatic carbocycles. The summed E-state index contributed by atoms with van der Waals surface area (Å²) in [5.74, 6) is -0.0885. The zero-order chi connectivity index (χ0) is 10.1. The topological polar surface area (TPSA) is 57.4 Å². The summed E-state index contributed by atoms with van der Waals surface area (Å²) in [5, 5.41) is 0. The largest absolute Gasteiger partial charge is 0.480 e. The van der Waals surface area contributed by atoms with Gasteiger partial charge in [-0.3, -0.25) is 0 Å². The SMILES string of the molecule is COc1nc(C2COC2)c(F)cc1N. The van der Waals surface area contributed by atoms with E-state index in [4.69, 9.17) is 15.2 Å². The van der Waals surface area contributed by atoms with Crippen molar-refractivity contribution in [3.8, 4) is 5.88 Å². The highest BCUT2D eigenvalue weighted by molar-refractivity contribution is 5.49. The summed E-state index contributed by atoms with van der Waals surface area (Å²) in [7, 11) is 1.46. The lowest BCUT2D eigenvalue weighted by atomic mass is 10.0. The van der Waals surface area contributed by atoms with Crippen LogP contribution < -0.4 is 10.5 Å². The number of hydrogen-bond acceptors (Lipinski definition) is 4. The van der Waals surface area contributed by atoms with Crippen molar-refractivity contribution in [1.29, 1.82) is 0 Å². The molecule has 1 aromatic rings. The second-order valence-corrected chi connectivity index (χ2v) is 3.19. The van der Waals surface area contributed by atoms with Crippen LogP contribution in [-0.2, 0) is 4.74 Å². The number of nitrogens with two attached hydrogens (primary N) is 1. The Morgan fingerprint density at radius 3 is 2.86 bits per heavy atom. The summed E-state index contributed by atoms with van der Waals surface area (Å²) in [6.45, 7) is 1.02. The molecule has 2 heterocycles. The number of aromatic nitrogens is 1. The standard InChI is InChI=1S/C9H11FN2O2/c1-13-9-7(11)2-6(10)8(12-9)5-3-14-4-5/h2,5H,3-4,11H2,1H3. The Bertz CT molecular complexity index is 353. The second-order valence-electron chi connectivity index (χ2n) is 3.19. The van der Waals surface area contributed by atoms with Crippen LogP contribution in [0, 0.1) is 5.82 Å². The number of anilines is 1. The van der Waals surface area contributed by atoms with Crippen LogP contribution in [0.15, 0.2) is 6.07 Å². The van der Waals surface area contributed by atoms with Gasteiger partial charge in [-0.25, -0.2) is 9.37 Å². The molecule has 0 atom stereocenters. The molecular formula is C9H11FN2O2. The van der Waals surface area contributed by atoms with E-state index in [0.717, 1.165) is 0 Å². The van der Waals surface area contributed by atoms with E-state index in [-0.39, 0.29) is 17.5 Å². The predicted molar refractivity (Wildman–Crippen MR) is 48.7 cm³/mol. The molecule has 0 unspecified atom stereocenters. The molecule has 2 rings (SSSR count). The molecule has 2 N–H and O–H groups in total. The van der Waals surface area contributed by atoms with E-state index in [1.807, 2.05) is 0 Å². The number of ether oxygens (including phenoxy) is 2. The molecular weight excluding hydrogens is 187 g/mol. The van der Waals surface area contributed by atoms with Crippen molar-refractivity contribution in [3.05, 3.63) is 17.6 Å². The first-order valence-electron chi connectivity index (χ1n) is 4.30. The first kappa shape index (κ1) is 9.21. The lowest BCUT2D eigenvalue weighted by Crippen LogP contribution is -2.27. The second kappa shape index (κ2) is 3.42. The molecule has 0 spiro atoms. The van der Waals surface area contributed by atoms with E-state index in [9.17, 15) is 4.39 Å². The highest BCUT2D eigenvalue weighted by Gasteiger charge is 2.26. The van der Waals surface area contributed by atoms with Gasteiger partial charge in [0.2, 0.25) is 5.88 Å². The average Bonchev–Trinajstić information content (AvgIpc) is 2.06. The molecule has 14 heavy (non-hydrogen) atoms. The predicted octanol–water partition coefficient (Wildman–Crippen LogP) is 0.925. The van der Waals surface area contributed by atoms with Crippen LogP contribution in [0.1, 0.15) is 11.6 Å². The molecule has 5 heteroatoms. The Hall–Kier alpha value is -1.36. The monoisotopic (exact) mass is 198 g/mol. The van der Waals surface area contributed by atoms with E-state index in [0.29, 0.717) is 18.9 Å². The fourth-order valence-corrected chi connectivity index (χ4v) is 1.34. The highest BCUT2D eigenvalue weighted by atomic mass is 19.1. The number of nitrogens with zero attached hydrogens (tertiary/aromatic N) is 1. The zero-order valence-electron chi connectivity index (χ0n) is 7.79. The van der Waals surface area contributed by atoms with E-state index in [2.05, 4.69) is 4.98 Å². The Labute approximate surface area is 80.8 Å². The lowest BCUT2D eigenvalue weighted by molar-refractivity contribution is 0.00502. The van der Waals surface area contributed by atoms with Gasteiger partial charge in [-0.1, -0.05) is 0 Å². The Kier molecular flexibility index (Phi) is 2.25. The van der Waals surface area contributed by atoms with Gasteiger partial charge in [-0.05, 0) is 0 Å². The third-order valence-corrected chi connectivity index (χ3v) is 2.21. The molecule has 0 aromatic carbocycles. The van der Waals surface area contributed by atoms with E-state index in [1.54, 1.807) is 0 Å². The number of methoxy groups -OCH3 is 1. The van der Waals surface area contributed by atoms with Crippen LogP contribution in [0.2, 0.25) is 0 Å². The molecule has 1 aliphatic heterocycles. The first-order valence-corrected chi connectivity index (χ1v) is 4.30. The number of hydrogen-bond donors (Lipinski definition) is 1. The van der Waals surface area contributed by atoms with Crippen molar-refractivity contribution in [2.24, 2.45) is 0 Å². The van der Waals surface area contributed by atoms with Gasteiger partial charge in [0, 0.05) is 6.07 Å². The van der Waals surface area contributed by atoms with Crippen LogP contribution in [0.25, 0.3) is 0 Å². The maximum Gasteiger partial charge on any atom is 0.237 e. The van der Waals surface area contributed by atoms with Gasteiger partial charge >= 0.3 is 0 Å². The molecule has 1 fully saturated rings. The molecule has 0 amide bonds. The maximum absolute atomic E-state index is 13.4. The fraction of sp³-hybridized carbons (Fsp3) is 0.444.